The maximum atomic E-state index is 7.32. The van der Waals surface area contributed by atoms with Gasteiger partial charge in [-0.1, -0.05) is 24.4 Å². The zero-order chi connectivity index (χ0) is 12.4. The molecule has 0 saturated heterocycles. The van der Waals surface area contributed by atoms with Crippen molar-refractivity contribution in [1.29, 1.82) is 5.26 Å². The van der Waals surface area contributed by atoms with Crippen LogP contribution in [0.2, 0.25) is 0 Å². The third-order valence-electron chi connectivity index (χ3n) is 0.915. The first-order valence-corrected chi connectivity index (χ1v) is 6.91. The van der Waals surface area contributed by atoms with Gasteiger partial charge in [-0.15, -0.1) is 0 Å². The van der Waals surface area contributed by atoms with E-state index >= 15 is 0 Å². The van der Waals surface area contributed by atoms with E-state index in [1.165, 1.54) is 28.5 Å². The molecule has 0 aromatic heterocycles. The van der Waals surface area contributed by atoms with Crippen LogP contribution >= 0.6 is 46.0 Å². The lowest BCUT2D eigenvalue weighted by atomic mass is 11.0. The van der Waals surface area contributed by atoms with E-state index in [0.717, 1.165) is 8.64 Å². The van der Waals surface area contributed by atoms with Crippen LogP contribution in [0.4, 0.5) is 0 Å². The molecule has 86 valence electrons. The highest BCUT2D eigenvalue weighted by Crippen LogP contribution is 2.26. The van der Waals surface area contributed by atoms with Gasteiger partial charge in [0.25, 0.3) is 0 Å². The van der Waals surface area contributed by atoms with E-state index in [9.17, 15) is 0 Å². The van der Waals surface area contributed by atoms with Crippen LogP contribution in [0.3, 0.4) is 0 Å². The van der Waals surface area contributed by atoms with Gasteiger partial charge in [0.05, 0.1) is 6.07 Å². The van der Waals surface area contributed by atoms with Crippen molar-refractivity contribution in [1.82, 2.24) is 9.80 Å². The molecule has 0 amide bonds. The molecule has 0 rings (SSSR count). The van der Waals surface area contributed by atoms with Crippen molar-refractivity contribution < 1.29 is 0 Å². The second-order valence-corrected chi connectivity index (χ2v) is 6.11. The topological polar surface area (TPSA) is 30.3 Å². The predicted molar refractivity (Wildman–Crippen MR) is 79.0 cm³/mol. The average molecular weight is 281 g/mol. The van der Waals surface area contributed by atoms with Crippen LogP contribution in [0.1, 0.15) is 6.92 Å². The van der Waals surface area contributed by atoms with Crippen molar-refractivity contribution in [2.45, 2.75) is 6.92 Å². The molecular weight excluding hydrogens is 266 g/mol. The van der Waals surface area contributed by atoms with Crippen molar-refractivity contribution in [3.05, 3.63) is 0 Å². The number of nitrogens with zero attached hydrogens (tertiary/aromatic N) is 3. The Morgan fingerprint density at radius 2 is 1.20 bits per heavy atom. The van der Waals surface area contributed by atoms with E-state index in [-0.39, 0.29) is 0 Å². The van der Waals surface area contributed by atoms with Crippen LogP contribution in [0, 0.1) is 11.3 Å². The summed E-state index contributed by atoms with van der Waals surface area (Å²) in [5.41, 5.74) is 0. The van der Waals surface area contributed by atoms with Crippen molar-refractivity contribution in [3.63, 3.8) is 0 Å². The van der Waals surface area contributed by atoms with Gasteiger partial charge in [-0.25, -0.2) is 0 Å². The highest BCUT2D eigenvalue weighted by Gasteiger charge is 2.04. The summed E-state index contributed by atoms with van der Waals surface area (Å²) < 4.78 is 1.67. The van der Waals surface area contributed by atoms with E-state index < -0.39 is 0 Å². The summed E-state index contributed by atoms with van der Waals surface area (Å²) in [7, 11) is 10.7. The standard InChI is InChI=1S/C6H12N2S4.C2H3N/c1-7(2)5(9)11-12-6(10)8(3)4;1-2-3/h1-4H3;1H3. The van der Waals surface area contributed by atoms with Gasteiger partial charge in [0.1, 0.15) is 8.64 Å². The fraction of sp³-hybridized carbons (Fsp3) is 0.625. The monoisotopic (exact) mass is 281 g/mol. The van der Waals surface area contributed by atoms with Crippen molar-refractivity contribution >= 4 is 54.7 Å². The summed E-state index contributed by atoms with van der Waals surface area (Å²) in [5.74, 6) is 0. The van der Waals surface area contributed by atoms with E-state index in [1.54, 1.807) is 6.07 Å². The maximum absolute atomic E-state index is 7.32. The lowest BCUT2D eigenvalue weighted by molar-refractivity contribution is 0.647. The predicted octanol–water partition coefficient (Wildman–Crippen LogP) is 2.59. The van der Waals surface area contributed by atoms with Crippen LogP contribution < -0.4 is 0 Å². The highest BCUT2D eigenvalue weighted by atomic mass is 33.1. The van der Waals surface area contributed by atoms with Gasteiger partial charge < -0.3 is 9.80 Å². The molecule has 0 atom stereocenters. The first-order chi connectivity index (χ1) is 6.86. The van der Waals surface area contributed by atoms with Gasteiger partial charge in [0.2, 0.25) is 0 Å². The van der Waals surface area contributed by atoms with Crippen LogP contribution in [0.5, 0.6) is 0 Å². The molecule has 0 aliphatic rings. The number of hydrogen-bond donors (Lipinski definition) is 0. The minimum atomic E-state index is 0.837. The molecule has 0 aromatic carbocycles. The molecule has 0 aliphatic heterocycles. The third-order valence-corrected chi connectivity index (χ3v) is 5.07. The van der Waals surface area contributed by atoms with Crippen molar-refractivity contribution in [2.75, 3.05) is 28.2 Å². The van der Waals surface area contributed by atoms with Gasteiger partial charge >= 0.3 is 0 Å². The smallest absolute Gasteiger partial charge is 0.146 e. The van der Waals surface area contributed by atoms with Gasteiger partial charge in [0, 0.05) is 35.1 Å². The third kappa shape index (κ3) is 11.9. The SMILES string of the molecule is CC#N.CN(C)C(=S)SSC(=S)N(C)C. The van der Waals surface area contributed by atoms with Gasteiger partial charge in [-0.2, -0.15) is 5.26 Å². The quantitative estimate of drug-likeness (QED) is 0.498. The summed E-state index contributed by atoms with van der Waals surface area (Å²) in [5, 5.41) is 7.32. The van der Waals surface area contributed by atoms with Crippen LogP contribution in [0.25, 0.3) is 0 Å². The van der Waals surface area contributed by atoms with Gasteiger partial charge in [-0.05, 0) is 21.6 Å². The number of hydrogen-bond acceptors (Lipinski definition) is 5. The molecule has 0 radical (unpaired) electrons. The second-order valence-electron chi connectivity index (χ2n) is 2.71. The summed E-state index contributed by atoms with van der Waals surface area (Å²) in [6.45, 7) is 1.43. The van der Waals surface area contributed by atoms with Crippen LogP contribution in [-0.4, -0.2) is 46.6 Å². The van der Waals surface area contributed by atoms with Crippen molar-refractivity contribution in [3.8, 4) is 6.07 Å². The lowest BCUT2D eigenvalue weighted by Gasteiger charge is -2.15. The normalized spacial score (nSPS) is 8.00. The number of thiocarbonyl (C=S) groups is 2. The Balaban J connectivity index is 0. The molecule has 0 aromatic rings. The zero-order valence-electron chi connectivity index (χ0n) is 9.47. The molecular formula is C8H15N3S4. The molecule has 0 aliphatic carbocycles. The Bertz CT molecular complexity index is 225. The molecule has 0 spiro atoms. The molecule has 15 heavy (non-hydrogen) atoms. The molecule has 7 heteroatoms. The highest BCUT2D eigenvalue weighted by molar-refractivity contribution is 8.89. The molecule has 0 N–H and O–H groups in total. The number of nitriles is 1. The Morgan fingerprint density at radius 3 is 1.33 bits per heavy atom. The van der Waals surface area contributed by atoms with Crippen LogP contribution in [0.15, 0.2) is 0 Å². The summed E-state index contributed by atoms with van der Waals surface area (Å²) in [4.78, 5) is 3.79. The fourth-order valence-corrected chi connectivity index (χ4v) is 2.60. The summed E-state index contributed by atoms with van der Waals surface area (Å²) >= 11 is 10.1. The van der Waals surface area contributed by atoms with E-state index in [1.807, 2.05) is 38.0 Å². The Kier molecular flexibility index (Phi) is 12.1. The summed E-state index contributed by atoms with van der Waals surface area (Å²) in [6.07, 6.45) is 0. The van der Waals surface area contributed by atoms with E-state index in [2.05, 4.69) is 0 Å². The molecule has 0 heterocycles. The largest absolute Gasteiger partial charge is 0.363 e. The minimum Gasteiger partial charge on any atom is -0.363 e. The molecule has 0 bridgehead atoms. The van der Waals surface area contributed by atoms with E-state index in [0.29, 0.717) is 0 Å². The number of rotatable bonds is 0. The molecule has 3 nitrogen and oxygen atoms in total. The van der Waals surface area contributed by atoms with Crippen molar-refractivity contribution in [2.24, 2.45) is 0 Å². The van der Waals surface area contributed by atoms with Gasteiger partial charge in [-0.3, -0.25) is 0 Å². The fourth-order valence-electron chi connectivity index (χ4n) is 0.220. The first kappa shape index (κ1) is 17.4. The first-order valence-electron chi connectivity index (χ1n) is 3.94. The molecule has 0 saturated carbocycles. The zero-order valence-corrected chi connectivity index (χ0v) is 12.7. The Labute approximate surface area is 111 Å². The minimum absolute atomic E-state index is 0.837. The van der Waals surface area contributed by atoms with Crippen LogP contribution in [-0.2, 0) is 0 Å². The Hall–Kier alpha value is -0.0300. The Morgan fingerprint density at radius 1 is 1.00 bits per heavy atom. The maximum Gasteiger partial charge on any atom is 0.146 e. The lowest BCUT2D eigenvalue weighted by Crippen LogP contribution is -2.18. The van der Waals surface area contributed by atoms with E-state index in [4.69, 9.17) is 29.7 Å². The summed E-state index contributed by atoms with van der Waals surface area (Å²) in [6, 6.07) is 1.75. The second kappa shape index (κ2) is 10.5. The average Bonchev–Trinajstić information content (AvgIpc) is 2.14. The molecule has 0 unspecified atom stereocenters. The van der Waals surface area contributed by atoms with Gasteiger partial charge in [0.15, 0.2) is 0 Å². The molecule has 0 fully saturated rings.